The van der Waals surface area contributed by atoms with Crippen molar-refractivity contribution in [1.29, 1.82) is 0 Å². The van der Waals surface area contributed by atoms with Crippen molar-refractivity contribution >= 4 is 34.6 Å². The van der Waals surface area contributed by atoms with Crippen molar-refractivity contribution in [3.05, 3.63) is 70.9 Å². The van der Waals surface area contributed by atoms with Crippen molar-refractivity contribution in [2.75, 3.05) is 0 Å². The third-order valence-electron chi connectivity index (χ3n) is 3.57. The fourth-order valence-electron chi connectivity index (χ4n) is 2.37. The molecule has 4 nitrogen and oxygen atoms in total. The molecule has 116 valence electrons. The number of carbonyl (C=O) groups excluding carboxylic acids is 1. The molecule has 5 heteroatoms. The van der Waals surface area contributed by atoms with Gasteiger partial charge in [-0.05, 0) is 35.7 Å². The van der Waals surface area contributed by atoms with Crippen LogP contribution in [0.4, 0.5) is 0 Å². The zero-order valence-electron chi connectivity index (χ0n) is 12.4. The van der Waals surface area contributed by atoms with Crippen LogP contribution in [-0.2, 0) is 11.2 Å². The molecule has 1 aromatic heterocycles. The molecule has 3 aromatic rings. The average Bonchev–Trinajstić information content (AvgIpc) is 2.98. The van der Waals surface area contributed by atoms with Crippen LogP contribution in [0.25, 0.3) is 10.9 Å². The fourth-order valence-corrected chi connectivity index (χ4v) is 2.50. The Labute approximate surface area is 139 Å². The molecule has 0 saturated carbocycles. The first-order valence-electron chi connectivity index (χ1n) is 7.35. The minimum absolute atomic E-state index is 0.111. The van der Waals surface area contributed by atoms with Crippen LogP contribution in [0.15, 0.2) is 59.8 Å². The Bertz CT molecular complexity index is 837. The molecule has 3 rings (SSSR count). The van der Waals surface area contributed by atoms with Crippen molar-refractivity contribution in [2.45, 2.75) is 12.8 Å². The molecule has 0 aliphatic carbocycles. The minimum atomic E-state index is -0.111. The minimum Gasteiger partial charge on any atom is -0.361 e. The van der Waals surface area contributed by atoms with Gasteiger partial charge in [-0.25, -0.2) is 5.43 Å². The number of nitrogens with zero attached hydrogens (tertiary/aromatic N) is 1. The number of rotatable bonds is 5. The lowest BCUT2D eigenvalue weighted by atomic mass is 10.1. The Hall–Kier alpha value is -2.59. The van der Waals surface area contributed by atoms with Crippen LogP contribution in [0.1, 0.15) is 17.5 Å². The lowest BCUT2D eigenvalue weighted by molar-refractivity contribution is -0.121. The molecule has 23 heavy (non-hydrogen) atoms. The summed E-state index contributed by atoms with van der Waals surface area (Å²) in [6, 6.07) is 15.3. The summed E-state index contributed by atoms with van der Waals surface area (Å²) in [5, 5.41) is 5.79. The largest absolute Gasteiger partial charge is 0.361 e. The van der Waals surface area contributed by atoms with E-state index in [1.165, 1.54) is 0 Å². The number of benzene rings is 2. The summed E-state index contributed by atoms with van der Waals surface area (Å²) < 4.78 is 0. The van der Waals surface area contributed by atoms with E-state index in [1.54, 1.807) is 18.3 Å². The molecule has 2 N–H and O–H groups in total. The quantitative estimate of drug-likeness (QED) is 0.542. The number of H-pyrrole nitrogens is 1. The van der Waals surface area contributed by atoms with Gasteiger partial charge in [0.25, 0.3) is 0 Å². The summed E-state index contributed by atoms with van der Waals surface area (Å²) in [5.41, 5.74) is 5.65. The Balaban J connectivity index is 1.52. The topological polar surface area (TPSA) is 57.2 Å². The average molecular weight is 326 g/mol. The van der Waals surface area contributed by atoms with E-state index in [2.05, 4.69) is 21.6 Å². The number of fused-ring (bicyclic) bond motifs is 1. The van der Waals surface area contributed by atoms with Crippen LogP contribution < -0.4 is 5.43 Å². The highest BCUT2D eigenvalue weighted by Gasteiger charge is 2.05. The van der Waals surface area contributed by atoms with Crippen LogP contribution in [-0.4, -0.2) is 17.1 Å². The van der Waals surface area contributed by atoms with Crippen LogP contribution in [0.5, 0.6) is 0 Å². The van der Waals surface area contributed by atoms with Crippen LogP contribution in [0.2, 0.25) is 5.02 Å². The van der Waals surface area contributed by atoms with Gasteiger partial charge < -0.3 is 4.98 Å². The number of aromatic nitrogens is 1. The van der Waals surface area contributed by atoms with Gasteiger partial charge in [0.15, 0.2) is 0 Å². The van der Waals surface area contributed by atoms with E-state index >= 15 is 0 Å². The van der Waals surface area contributed by atoms with Crippen molar-refractivity contribution in [3.8, 4) is 0 Å². The van der Waals surface area contributed by atoms with Gasteiger partial charge in [0.1, 0.15) is 0 Å². The van der Waals surface area contributed by atoms with Crippen molar-refractivity contribution in [3.63, 3.8) is 0 Å². The normalized spacial score (nSPS) is 11.2. The SMILES string of the molecule is O=C(CCc1c[nH]c2ccccc12)N/N=C/c1ccc(Cl)cc1. The van der Waals surface area contributed by atoms with Crippen LogP contribution in [0.3, 0.4) is 0 Å². The summed E-state index contributed by atoms with van der Waals surface area (Å²) in [7, 11) is 0. The second-order valence-electron chi connectivity index (χ2n) is 5.20. The summed E-state index contributed by atoms with van der Waals surface area (Å²) in [4.78, 5) is 15.1. The highest BCUT2D eigenvalue weighted by molar-refractivity contribution is 6.30. The van der Waals surface area contributed by atoms with E-state index in [1.807, 2.05) is 36.5 Å². The second kappa shape index (κ2) is 7.11. The summed E-state index contributed by atoms with van der Waals surface area (Å²) in [6.45, 7) is 0. The van der Waals surface area contributed by atoms with E-state index in [4.69, 9.17) is 11.6 Å². The number of carbonyl (C=O) groups is 1. The highest BCUT2D eigenvalue weighted by Crippen LogP contribution is 2.18. The van der Waals surface area contributed by atoms with Gasteiger partial charge >= 0.3 is 0 Å². The highest BCUT2D eigenvalue weighted by atomic mass is 35.5. The number of aryl methyl sites for hydroxylation is 1. The summed E-state index contributed by atoms with van der Waals surface area (Å²) >= 11 is 5.81. The smallest absolute Gasteiger partial charge is 0.240 e. The summed E-state index contributed by atoms with van der Waals surface area (Å²) in [5.74, 6) is -0.111. The van der Waals surface area contributed by atoms with Gasteiger partial charge in [0.05, 0.1) is 6.21 Å². The summed E-state index contributed by atoms with van der Waals surface area (Å²) in [6.07, 6.45) is 4.61. The second-order valence-corrected chi connectivity index (χ2v) is 5.64. The molecular weight excluding hydrogens is 310 g/mol. The molecule has 0 radical (unpaired) electrons. The van der Waals surface area contributed by atoms with Gasteiger partial charge in [-0.2, -0.15) is 5.10 Å². The number of aromatic amines is 1. The lowest BCUT2D eigenvalue weighted by Gasteiger charge is -2.00. The molecule has 1 heterocycles. The molecule has 2 aromatic carbocycles. The predicted octanol–water partition coefficient (Wildman–Crippen LogP) is 3.90. The maximum Gasteiger partial charge on any atom is 0.240 e. The third kappa shape index (κ3) is 3.99. The van der Waals surface area contributed by atoms with Gasteiger partial charge in [-0.3, -0.25) is 4.79 Å². The predicted molar refractivity (Wildman–Crippen MR) is 93.8 cm³/mol. The molecule has 0 spiro atoms. The van der Waals surface area contributed by atoms with E-state index in [0.717, 1.165) is 22.0 Å². The first kappa shape index (κ1) is 15.3. The first-order chi connectivity index (χ1) is 11.2. The number of hydrogen-bond acceptors (Lipinski definition) is 2. The van der Waals surface area contributed by atoms with E-state index < -0.39 is 0 Å². The first-order valence-corrected chi connectivity index (χ1v) is 7.72. The molecule has 0 unspecified atom stereocenters. The number of nitrogens with one attached hydrogen (secondary N) is 2. The zero-order valence-corrected chi connectivity index (χ0v) is 13.2. The van der Waals surface area contributed by atoms with Gasteiger partial charge in [0.2, 0.25) is 5.91 Å². The Morgan fingerprint density at radius 1 is 1.17 bits per heavy atom. The number of hydrogen-bond donors (Lipinski definition) is 2. The van der Waals surface area contributed by atoms with Gasteiger partial charge in [-0.15, -0.1) is 0 Å². The molecule has 0 aliphatic rings. The Morgan fingerprint density at radius 2 is 1.96 bits per heavy atom. The number of para-hydroxylation sites is 1. The maximum absolute atomic E-state index is 11.9. The Kier molecular flexibility index (Phi) is 4.74. The molecule has 0 atom stereocenters. The molecule has 0 fully saturated rings. The monoisotopic (exact) mass is 325 g/mol. The van der Waals surface area contributed by atoms with Crippen molar-refractivity contribution < 1.29 is 4.79 Å². The van der Waals surface area contributed by atoms with Gasteiger partial charge in [-0.1, -0.05) is 41.9 Å². The molecule has 0 aliphatic heterocycles. The Morgan fingerprint density at radius 3 is 2.78 bits per heavy atom. The molecule has 1 amide bonds. The molecule has 0 saturated heterocycles. The molecular formula is C18H16ClN3O. The standard InChI is InChI=1S/C18H16ClN3O/c19-15-8-5-13(6-9-15)11-21-22-18(23)10-7-14-12-20-17-4-2-1-3-16(14)17/h1-6,8-9,11-12,20H,7,10H2,(H,22,23)/b21-11+. The van der Waals surface area contributed by atoms with E-state index in [0.29, 0.717) is 17.9 Å². The third-order valence-corrected chi connectivity index (χ3v) is 3.82. The van der Waals surface area contributed by atoms with Gasteiger partial charge in [0, 0.05) is 28.5 Å². The number of halogens is 1. The lowest BCUT2D eigenvalue weighted by Crippen LogP contribution is -2.17. The fraction of sp³-hybridized carbons (Fsp3) is 0.111. The van der Waals surface area contributed by atoms with Crippen molar-refractivity contribution in [1.82, 2.24) is 10.4 Å². The maximum atomic E-state index is 11.9. The number of amides is 1. The van der Waals surface area contributed by atoms with Crippen molar-refractivity contribution in [2.24, 2.45) is 5.10 Å². The van der Waals surface area contributed by atoms with Crippen LogP contribution >= 0.6 is 11.6 Å². The zero-order chi connectivity index (χ0) is 16.1. The number of hydrazone groups is 1. The van der Waals surface area contributed by atoms with E-state index in [-0.39, 0.29) is 5.91 Å². The van der Waals surface area contributed by atoms with Crippen LogP contribution in [0, 0.1) is 0 Å². The molecule has 0 bridgehead atoms. The van der Waals surface area contributed by atoms with E-state index in [9.17, 15) is 4.79 Å².